The molecule has 0 saturated heterocycles. The summed E-state index contributed by atoms with van der Waals surface area (Å²) in [7, 11) is 0. The Labute approximate surface area is 206 Å². The fraction of sp³-hybridized carbons (Fsp3) is 0.464. The van der Waals surface area contributed by atoms with Gasteiger partial charge < -0.3 is 20.5 Å². The quantitative estimate of drug-likeness (QED) is 0.535. The molecule has 2 aromatic carbocycles. The molecule has 1 fully saturated rings. The topological polar surface area (TPSA) is 105 Å². The van der Waals surface area contributed by atoms with E-state index in [2.05, 4.69) is 34.9 Å². The van der Waals surface area contributed by atoms with Crippen LogP contribution in [-0.2, 0) is 14.3 Å². The highest BCUT2D eigenvalue weighted by molar-refractivity contribution is 5.84. The second kappa shape index (κ2) is 10.1. The van der Waals surface area contributed by atoms with Gasteiger partial charge in [0, 0.05) is 18.4 Å². The van der Waals surface area contributed by atoms with Crippen LogP contribution in [-0.4, -0.2) is 41.8 Å². The van der Waals surface area contributed by atoms with Crippen molar-refractivity contribution in [1.29, 1.82) is 0 Å². The number of aliphatic carboxylic acids is 1. The normalized spacial score (nSPS) is 20.0. The van der Waals surface area contributed by atoms with Gasteiger partial charge in [0.1, 0.15) is 12.6 Å². The van der Waals surface area contributed by atoms with Gasteiger partial charge in [0.25, 0.3) is 0 Å². The monoisotopic (exact) mass is 478 g/mol. The van der Waals surface area contributed by atoms with E-state index in [9.17, 15) is 19.5 Å². The van der Waals surface area contributed by atoms with Crippen molar-refractivity contribution < 1.29 is 24.2 Å². The van der Waals surface area contributed by atoms with Crippen molar-refractivity contribution in [1.82, 2.24) is 10.6 Å². The van der Waals surface area contributed by atoms with Crippen molar-refractivity contribution in [2.45, 2.75) is 64.5 Å². The van der Waals surface area contributed by atoms with E-state index in [-0.39, 0.29) is 36.8 Å². The maximum atomic E-state index is 12.6. The lowest BCUT2D eigenvalue weighted by Crippen LogP contribution is -2.49. The fourth-order valence-electron chi connectivity index (χ4n) is 5.33. The molecule has 0 radical (unpaired) electrons. The summed E-state index contributed by atoms with van der Waals surface area (Å²) in [6, 6.07) is 15.4. The average Bonchev–Trinajstić information content (AvgIpc) is 3.37. The van der Waals surface area contributed by atoms with Crippen molar-refractivity contribution in [2.24, 2.45) is 11.3 Å². The molecule has 0 spiro atoms. The van der Waals surface area contributed by atoms with Gasteiger partial charge in [-0.2, -0.15) is 0 Å². The molecule has 0 aromatic heterocycles. The molecule has 0 aliphatic heterocycles. The van der Waals surface area contributed by atoms with E-state index >= 15 is 0 Å². The lowest BCUT2D eigenvalue weighted by atomic mass is 9.86. The van der Waals surface area contributed by atoms with E-state index in [0.717, 1.165) is 12.8 Å². The van der Waals surface area contributed by atoms with Crippen molar-refractivity contribution in [2.75, 3.05) is 6.61 Å². The van der Waals surface area contributed by atoms with E-state index in [4.69, 9.17) is 4.74 Å². The predicted octanol–water partition coefficient (Wildman–Crippen LogP) is 4.70. The number of alkyl carbamates (subject to hydrolysis) is 1. The van der Waals surface area contributed by atoms with E-state index < -0.39 is 23.5 Å². The van der Waals surface area contributed by atoms with Gasteiger partial charge in [0.05, 0.1) is 0 Å². The first-order chi connectivity index (χ1) is 16.6. The summed E-state index contributed by atoms with van der Waals surface area (Å²) in [4.78, 5) is 36.5. The Kier molecular flexibility index (Phi) is 7.15. The van der Waals surface area contributed by atoms with Gasteiger partial charge in [-0.05, 0) is 52.8 Å². The van der Waals surface area contributed by atoms with Crippen LogP contribution < -0.4 is 10.6 Å². The first kappa shape index (κ1) is 24.8. The Balaban J connectivity index is 1.26. The zero-order valence-electron chi connectivity index (χ0n) is 20.5. The van der Waals surface area contributed by atoms with Crippen LogP contribution in [0.1, 0.15) is 63.5 Å². The fourth-order valence-corrected chi connectivity index (χ4v) is 5.33. The number of benzene rings is 2. The van der Waals surface area contributed by atoms with E-state index in [1.54, 1.807) is 20.8 Å². The minimum atomic E-state index is -1.04. The smallest absolute Gasteiger partial charge is 0.407 e. The number of carbonyl (C=O) groups is 3. The highest BCUT2D eigenvalue weighted by Gasteiger charge is 2.35. The molecule has 4 rings (SSSR count). The summed E-state index contributed by atoms with van der Waals surface area (Å²) in [6.07, 6.45) is 2.05. The van der Waals surface area contributed by atoms with Gasteiger partial charge in [0.2, 0.25) is 5.91 Å². The first-order valence-electron chi connectivity index (χ1n) is 12.3. The third kappa shape index (κ3) is 5.66. The van der Waals surface area contributed by atoms with Gasteiger partial charge in [-0.15, -0.1) is 0 Å². The largest absolute Gasteiger partial charge is 0.480 e. The van der Waals surface area contributed by atoms with Crippen LogP contribution in [0.3, 0.4) is 0 Å². The maximum Gasteiger partial charge on any atom is 0.407 e. The first-order valence-corrected chi connectivity index (χ1v) is 12.3. The molecule has 0 bridgehead atoms. The van der Waals surface area contributed by atoms with E-state index in [1.807, 2.05) is 24.3 Å². The lowest BCUT2D eigenvalue weighted by Gasteiger charge is -2.28. The number of rotatable bonds is 7. The summed E-state index contributed by atoms with van der Waals surface area (Å²) in [6.45, 7) is 5.63. The standard InChI is InChI=1S/C28H34N2O5/c1-28(2,3)25(26(32)33)30-24(31)15-17-12-13-18(14-17)29-27(34)35-16-23-21-10-6-4-8-19(21)20-9-5-7-11-22(20)23/h4-11,17-18,23,25H,12-16H2,1-3H3,(H,29,34)(H,30,31)(H,32,33)/t17-,18+,25-/m0/s1. The molecule has 0 unspecified atom stereocenters. The average molecular weight is 479 g/mol. The summed E-state index contributed by atoms with van der Waals surface area (Å²) in [5.74, 6) is -1.19. The maximum absolute atomic E-state index is 12.6. The number of carboxylic acids is 1. The van der Waals surface area contributed by atoms with E-state index in [0.29, 0.717) is 6.42 Å². The molecular formula is C28H34N2O5. The number of amides is 2. The van der Waals surface area contributed by atoms with Crippen LogP contribution in [0.25, 0.3) is 11.1 Å². The zero-order valence-corrected chi connectivity index (χ0v) is 20.5. The van der Waals surface area contributed by atoms with Crippen LogP contribution in [0.2, 0.25) is 0 Å². The molecular weight excluding hydrogens is 444 g/mol. The lowest BCUT2D eigenvalue weighted by molar-refractivity contribution is -0.145. The molecule has 2 amide bonds. The molecule has 2 aliphatic rings. The van der Waals surface area contributed by atoms with Crippen molar-refractivity contribution in [3.05, 3.63) is 59.7 Å². The second-order valence-electron chi connectivity index (χ2n) is 10.8. The summed E-state index contributed by atoms with van der Waals surface area (Å²) in [5.41, 5.74) is 4.13. The third-order valence-corrected chi connectivity index (χ3v) is 7.10. The minimum Gasteiger partial charge on any atom is -0.480 e. The number of fused-ring (bicyclic) bond motifs is 3. The Morgan fingerprint density at radius 2 is 1.60 bits per heavy atom. The molecule has 7 nitrogen and oxygen atoms in total. The van der Waals surface area contributed by atoms with Gasteiger partial charge in [0.15, 0.2) is 0 Å². The number of ether oxygens (including phenoxy) is 1. The van der Waals surface area contributed by atoms with Crippen molar-refractivity contribution in [3.63, 3.8) is 0 Å². The highest BCUT2D eigenvalue weighted by atomic mass is 16.5. The Bertz CT molecular complexity index is 1060. The van der Waals surface area contributed by atoms with Crippen LogP contribution in [0.15, 0.2) is 48.5 Å². The minimum absolute atomic E-state index is 0.0122. The van der Waals surface area contributed by atoms with Gasteiger partial charge in [-0.1, -0.05) is 69.3 Å². The molecule has 7 heteroatoms. The molecule has 0 heterocycles. The summed E-state index contributed by atoms with van der Waals surface area (Å²) >= 11 is 0. The number of carboxylic acid groups (broad SMARTS) is 1. The van der Waals surface area contributed by atoms with Gasteiger partial charge in [-0.3, -0.25) is 4.79 Å². The van der Waals surface area contributed by atoms with Crippen molar-refractivity contribution in [3.8, 4) is 11.1 Å². The highest BCUT2D eigenvalue weighted by Crippen LogP contribution is 2.44. The summed E-state index contributed by atoms with van der Waals surface area (Å²) in [5, 5.41) is 15.0. The number of hydrogen-bond acceptors (Lipinski definition) is 4. The van der Waals surface area contributed by atoms with E-state index in [1.165, 1.54) is 22.3 Å². The van der Waals surface area contributed by atoms with Gasteiger partial charge >= 0.3 is 12.1 Å². The summed E-state index contributed by atoms with van der Waals surface area (Å²) < 4.78 is 5.64. The number of carbonyl (C=O) groups excluding carboxylic acids is 2. The SMILES string of the molecule is CC(C)(C)[C@@H](NC(=O)C[C@H]1CC[C@@H](NC(=O)OCC2c3ccccc3-c3ccccc32)C1)C(=O)O. The Hall–Kier alpha value is -3.35. The van der Waals surface area contributed by atoms with Crippen LogP contribution in [0.5, 0.6) is 0 Å². The molecule has 3 N–H and O–H groups in total. The zero-order chi connectivity index (χ0) is 25.2. The number of hydrogen-bond donors (Lipinski definition) is 3. The van der Waals surface area contributed by atoms with Crippen molar-refractivity contribution >= 4 is 18.0 Å². The second-order valence-corrected chi connectivity index (χ2v) is 10.8. The molecule has 35 heavy (non-hydrogen) atoms. The van der Waals surface area contributed by atoms with Crippen LogP contribution >= 0.6 is 0 Å². The molecule has 3 atom stereocenters. The Morgan fingerprint density at radius 1 is 1.00 bits per heavy atom. The molecule has 186 valence electrons. The molecule has 1 saturated carbocycles. The van der Waals surface area contributed by atoms with Gasteiger partial charge in [-0.25, -0.2) is 9.59 Å². The third-order valence-electron chi connectivity index (χ3n) is 7.10. The predicted molar refractivity (Wildman–Crippen MR) is 133 cm³/mol. The molecule has 2 aliphatic carbocycles. The van der Waals surface area contributed by atoms with Crippen LogP contribution in [0.4, 0.5) is 4.79 Å². The molecule has 2 aromatic rings. The number of nitrogens with one attached hydrogen (secondary N) is 2. The van der Waals surface area contributed by atoms with Crippen LogP contribution in [0, 0.1) is 11.3 Å². The Morgan fingerprint density at radius 3 is 2.17 bits per heavy atom.